The first-order valence-corrected chi connectivity index (χ1v) is 5.57. The molecule has 0 aliphatic rings. The van der Waals surface area contributed by atoms with Gasteiger partial charge in [0, 0.05) is 12.1 Å². The van der Waals surface area contributed by atoms with Gasteiger partial charge in [-0.15, -0.1) is 0 Å². The van der Waals surface area contributed by atoms with Crippen molar-refractivity contribution in [2.24, 2.45) is 0 Å². The van der Waals surface area contributed by atoms with Crippen LogP contribution in [-0.4, -0.2) is 18.8 Å². The molecule has 0 saturated carbocycles. The third-order valence-corrected chi connectivity index (χ3v) is 2.34. The van der Waals surface area contributed by atoms with Crippen LogP contribution in [0, 0.1) is 0 Å². The van der Waals surface area contributed by atoms with Crippen LogP contribution >= 0.6 is 0 Å². The van der Waals surface area contributed by atoms with E-state index in [1.807, 2.05) is 6.92 Å². The van der Waals surface area contributed by atoms with Gasteiger partial charge in [-0.3, -0.25) is 9.59 Å². The number of methoxy groups -OCH3 is 1. The van der Waals surface area contributed by atoms with Crippen molar-refractivity contribution in [2.75, 3.05) is 12.4 Å². The lowest BCUT2D eigenvalue weighted by atomic mass is 10.1. The van der Waals surface area contributed by atoms with Crippen molar-refractivity contribution < 1.29 is 14.3 Å². The molecular weight excluding hydrogens is 218 g/mol. The fourth-order valence-corrected chi connectivity index (χ4v) is 1.51. The fraction of sp³-hybridized carbons (Fsp3) is 0.385. The Kier molecular flexibility index (Phi) is 4.69. The van der Waals surface area contributed by atoms with Gasteiger partial charge in [0.05, 0.1) is 12.7 Å². The molecule has 0 aliphatic heterocycles. The number of hydrogen-bond donors (Lipinski definition) is 1. The number of anilines is 1. The van der Waals surface area contributed by atoms with Crippen LogP contribution in [0.5, 0.6) is 5.75 Å². The first-order valence-electron chi connectivity index (χ1n) is 5.57. The van der Waals surface area contributed by atoms with Crippen LogP contribution in [0.3, 0.4) is 0 Å². The molecule has 1 aromatic carbocycles. The normalized spacial score (nSPS) is 9.82. The quantitative estimate of drug-likeness (QED) is 0.798. The van der Waals surface area contributed by atoms with E-state index in [0.29, 0.717) is 23.4 Å². The van der Waals surface area contributed by atoms with Crippen molar-refractivity contribution in [1.82, 2.24) is 0 Å². The minimum Gasteiger partial charge on any atom is -0.496 e. The molecule has 1 amide bonds. The number of ketones is 1. The minimum atomic E-state index is -0.0894. The lowest BCUT2D eigenvalue weighted by molar-refractivity contribution is -0.116. The van der Waals surface area contributed by atoms with Crippen LogP contribution in [0.25, 0.3) is 0 Å². The van der Waals surface area contributed by atoms with Gasteiger partial charge in [0.1, 0.15) is 5.75 Å². The van der Waals surface area contributed by atoms with Crippen molar-refractivity contribution in [3.05, 3.63) is 23.8 Å². The number of carbonyl (C=O) groups excluding carboxylic acids is 2. The van der Waals surface area contributed by atoms with Gasteiger partial charge in [-0.2, -0.15) is 0 Å². The molecule has 0 atom stereocenters. The van der Waals surface area contributed by atoms with Crippen LogP contribution < -0.4 is 10.1 Å². The summed E-state index contributed by atoms with van der Waals surface area (Å²) in [6.07, 6.45) is 1.27. The maximum atomic E-state index is 11.4. The number of amides is 1. The second-order valence-electron chi connectivity index (χ2n) is 3.77. The number of benzene rings is 1. The Hall–Kier alpha value is -1.84. The van der Waals surface area contributed by atoms with Crippen molar-refractivity contribution in [3.63, 3.8) is 0 Å². The molecule has 0 aromatic heterocycles. The van der Waals surface area contributed by atoms with Crippen molar-refractivity contribution >= 4 is 17.4 Å². The zero-order chi connectivity index (χ0) is 12.8. The van der Waals surface area contributed by atoms with Gasteiger partial charge in [0.15, 0.2) is 5.78 Å². The van der Waals surface area contributed by atoms with Gasteiger partial charge < -0.3 is 10.1 Å². The zero-order valence-corrected chi connectivity index (χ0v) is 10.4. The Morgan fingerprint density at radius 2 is 2.06 bits per heavy atom. The van der Waals surface area contributed by atoms with Crippen molar-refractivity contribution in [1.29, 1.82) is 0 Å². The standard InChI is InChI=1S/C13H17NO3/c1-4-5-13(16)14-10-6-7-12(17-3)11(8-10)9(2)15/h6-8H,4-5H2,1-3H3,(H,14,16). The molecule has 0 spiro atoms. The van der Waals surface area contributed by atoms with Gasteiger partial charge in [-0.1, -0.05) is 6.92 Å². The summed E-state index contributed by atoms with van der Waals surface area (Å²) in [7, 11) is 1.51. The van der Waals surface area contributed by atoms with Gasteiger partial charge >= 0.3 is 0 Å². The summed E-state index contributed by atoms with van der Waals surface area (Å²) in [5.41, 5.74) is 1.09. The van der Waals surface area contributed by atoms with Crippen LogP contribution in [0.4, 0.5) is 5.69 Å². The molecule has 0 bridgehead atoms. The van der Waals surface area contributed by atoms with E-state index in [-0.39, 0.29) is 11.7 Å². The molecule has 1 N–H and O–H groups in total. The topological polar surface area (TPSA) is 55.4 Å². The molecule has 0 aliphatic carbocycles. The Labute approximate surface area is 101 Å². The average molecular weight is 235 g/mol. The highest BCUT2D eigenvalue weighted by atomic mass is 16.5. The summed E-state index contributed by atoms with van der Waals surface area (Å²) < 4.78 is 5.08. The SMILES string of the molecule is CCCC(=O)Nc1ccc(OC)c(C(C)=O)c1. The van der Waals surface area contributed by atoms with Crippen molar-refractivity contribution in [2.45, 2.75) is 26.7 Å². The number of ether oxygens (including phenoxy) is 1. The molecule has 4 heteroatoms. The molecule has 1 aromatic rings. The van der Waals surface area contributed by atoms with E-state index in [0.717, 1.165) is 6.42 Å². The summed E-state index contributed by atoms with van der Waals surface area (Å²) >= 11 is 0. The van der Waals surface area contributed by atoms with E-state index in [4.69, 9.17) is 4.74 Å². The molecule has 0 unspecified atom stereocenters. The number of Topliss-reactive ketones (excluding diaryl/α,β-unsaturated/α-hetero) is 1. The number of rotatable bonds is 5. The van der Waals surface area contributed by atoms with Gasteiger partial charge in [0.2, 0.25) is 5.91 Å². The highest BCUT2D eigenvalue weighted by Gasteiger charge is 2.10. The maximum Gasteiger partial charge on any atom is 0.224 e. The molecule has 92 valence electrons. The minimum absolute atomic E-state index is 0.0489. The summed E-state index contributed by atoms with van der Waals surface area (Å²) in [5, 5.41) is 2.74. The molecule has 0 saturated heterocycles. The zero-order valence-electron chi connectivity index (χ0n) is 10.4. The van der Waals surface area contributed by atoms with Gasteiger partial charge in [-0.25, -0.2) is 0 Å². The van der Waals surface area contributed by atoms with E-state index < -0.39 is 0 Å². The summed E-state index contributed by atoms with van der Waals surface area (Å²) in [5.74, 6) is 0.381. The molecule has 0 fully saturated rings. The highest BCUT2D eigenvalue weighted by Crippen LogP contribution is 2.23. The van der Waals surface area contributed by atoms with Crippen molar-refractivity contribution in [3.8, 4) is 5.75 Å². The average Bonchev–Trinajstić information content (AvgIpc) is 2.29. The Morgan fingerprint density at radius 1 is 1.35 bits per heavy atom. The van der Waals surface area contributed by atoms with Crippen LogP contribution in [0.2, 0.25) is 0 Å². The van der Waals surface area contributed by atoms with E-state index in [2.05, 4.69) is 5.32 Å². The predicted molar refractivity (Wildman–Crippen MR) is 66.5 cm³/mol. The molecule has 0 radical (unpaired) electrons. The Morgan fingerprint density at radius 3 is 2.59 bits per heavy atom. The van der Waals surface area contributed by atoms with E-state index >= 15 is 0 Å². The Balaban J connectivity index is 2.92. The lowest BCUT2D eigenvalue weighted by Crippen LogP contribution is -2.11. The third kappa shape index (κ3) is 3.59. The monoisotopic (exact) mass is 235 g/mol. The molecule has 1 rings (SSSR count). The smallest absolute Gasteiger partial charge is 0.224 e. The summed E-state index contributed by atoms with van der Waals surface area (Å²) in [6, 6.07) is 5.03. The first kappa shape index (κ1) is 13.2. The first-order chi connectivity index (χ1) is 8.08. The second kappa shape index (κ2) is 6.03. The van der Waals surface area contributed by atoms with E-state index in [1.54, 1.807) is 18.2 Å². The molecular formula is C13H17NO3. The molecule has 4 nitrogen and oxygen atoms in total. The lowest BCUT2D eigenvalue weighted by Gasteiger charge is -2.09. The molecule has 0 heterocycles. The largest absolute Gasteiger partial charge is 0.496 e. The third-order valence-electron chi connectivity index (χ3n) is 2.34. The second-order valence-corrected chi connectivity index (χ2v) is 3.77. The fourth-order valence-electron chi connectivity index (χ4n) is 1.51. The number of hydrogen-bond acceptors (Lipinski definition) is 3. The molecule has 17 heavy (non-hydrogen) atoms. The van der Waals surface area contributed by atoms with E-state index in [1.165, 1.54) is 14.0 Å². The van der Waals surface area contributed by atoms with E-state index in [9.17, 15) is 9.59 Å². The van der Waals surface area contributed by atoms with Gasteiger partial charge in [0.25, 0.3) is 0 Å². The predicted octanol–water partition coefficient (Wildman–Crippen LogP) is 2.64. The highest BCUT2D eigenvalue weighted by molar-refractivity contribution is 5.99. The summed E-state index contributed by atoms with van der Waals surface area (Å²) in [4.78, 5) is 22.8. The number of nitrogens with one attached hydrogen (secondary N) is 1. The van der Waals surface area contributed by atoms with Gasteiger partial charge in [-0.05, 0) is 31.5 Å². The summed E-state index contributed by atoms with van der Waals surface area (Å²) in [6.45, 7) is 3.41. The maximum absolute atomic E-state index is 11.4. The number of carbonyl (C=O) groups is 2. The van der Waals surface area contributed by atoms with Crippen LogP contribution in [0.1, 0.15) is 37.0 Å². The van der Waals surface area contributed by atoms with Crippen LogP contribution in [-0.2, 0) is 4.79 Å². The Bertz CT molecular complexity index is 427. The van der Waals surface area contributed by atoms with Crippen LogP contribution in [0.15, 0.2) is 18.2 Å².